The number of pyridine rings is 1. The minimum atomic E-state index is -0.0709. The average Bonchev–Trinajstić information content (AvgIpc) is 2.78. The number of piperazine rings is 1. The maximum atomic E-state index is 13.1. The molecule has 1 aromatic heterocycles. The number of methoxy groups -OCH3 is 1. The molecule has 1 aliphatic rings. The summed E-state index contributed by atoms with van der Waals surface area (Å²) >= 11 is 6.08. The fraction of sp³-hybridized carbons (Fsp3) is 0.261. The summed E-state index contributed by atoms with van der Waals surface area (Å²) in [4.78, 5) is 33.9. The van der Waals surface area contributed by atoms with Crippen molar-refractivity contribution in [3.63, 3.8) is 0 Å². The first-order valence-corrected chi connectivity index (χ1v) is 10.1. The lowest BCUT2D eigenvalue weighted by atomic mass is 10.1. The second-order valence-corrected chi connectivity index (χ2v) is 7.71. The highest BCUT2D eigenvalue weighted by molar-refractivity contribution is 6.31. The van der Waals surface area contributed by atoms with E-state index in [1.54, 1.807) is 47.2 Å². The van der Waals surface area contributed by atoms with E-state index in [2.05, 4.69) is 4.98 Å². The Balaban J connectivity index is 1.46. The van der Waals surface area contributed by atoms with Gasteiger partial charge in [0.1, 0.15) is 5.75 Å². The van der Waals surface area contributed by atoms with Crippen molar-refractivity contribution in [3.8, 4) is 5.75 Å². The van der Waals surface area contributed by atoms with Crippen molar-refractivity contribution >= 4 is 34.3 Å². The number of benzene rings is 2. The van der Waals surface area contributed by atoms with Crippen LogP contribution in [0.15, 0.2) is 48.5 Å². The number of aryl methyl sites for hydroxylation is 1. The molecule has 0 unspecified atom stereocenters. The number of carbonyl (C=O) groups is 2. The Morgan fingerprint density at radius 3 is 2.20 bits per heavy atom. The summed E-state index contributed by atoms with van der Waals surface area (Å²) in [5.41, 5.74) is 2.68. The van der Waals surface area contributed by atoms with Gasteiger partial charge in [0.15, 0.2) is 0 Å². The Labute approximate surface area is 180 Å². The van der Waals surface area contributed by atoms with E-state index in [9.17, 15) is 9.59 Å². The van der Waals surface area contributed by atoms with Crippen molar-refractivity contribution in [1.29, 1.82) is 0 Å². The van der Waals surface area contributed by atoms with Gasteiger partial charge in [-0.05, 0) is 55.5 Å². The van der Waals surface area contributed by atoms with Gasteiger partial charge in [-0.3, -0.25) is 14.6 Å². The minimum Gasteiger partial charge on any atom is -0.497 e. The molecule has 0 atom stereocenters. The molecule has 154 valence electrons. The van der Waals surface area contributed by atoms with Crippen LogP contribution in [0.2, 0.25) is 5.02 Å². The predicted molar refractivity (Wildman–Crippen MR) is 116 cm³/mol. The van der Waals surface area contributed by atoms with Crippen molar-refractivity contribution < 1.29 is 14.3 Å². The van der Waals surface area contributed by atoms with Crippen LogP contribution in [0.3, 0.4) is 0 Å². The van der Waals surface area contributed by atoms with Gasteiger partial charge in [0, 0.05) is 42.2 Å². The number of hydrogen-bond donors (Lipinski definition) is 0. The van der Waals surface area contributed by atoms with Gasteiger partial charge < -0.3 is 14.5 Å². The summed E-state index contributed by atoms with van der Waals surface area (Å²) in [7, 11) is 1.59. The van der Waals surface area contributed by atoms with Crippen LogP contribution >= 0.6 is 11.6 Å². The van der Waals surface area contributed by atoms with Crippen molar-refractivity contribution in [2.45, 2.75) is 6.92 Å². The number of fused-ring (bicyclic) bond motifs is 1. The van der Waals surface area contributed by atoms with E-state index in [1.807, 2.05) is 25.1 Å². The molecule has 1 aliphatic heterocycles. The molecule has 6 nitrogen and oxygen atoms in total. The van der Waals surface area contributed by atoms with E-state index < -0.39 is 0 Å². The molecule has 0 radical (unpaired) electrons. The highest BCUT2D eigenvalue weighted by Gasteiger charge is 2.26. The molecule has 0 bridgehead atoms. The molecule has 0 spiro atoms. The summed E-state index contributed by atoms with van der Waals surface area (Å²) in [6.07, 6.45) is 0. The summed E-state index contributed by atoms with van der Waals surface area (Å²) < 4.78 is 5.14. The molecule has 30 heavy (non-hydrogen) atoms. The number of rotatable bonds is 3. The maximum Gasteiger partial charge on any atom is 0.255 e. The van der Waals surface area contributed by atoms with Crippen molar-refractivity contribution in [3.05, 3.63) is 70.4 Å². The Bertz CT molecular complexity index is 1110. The van der Waals surface area contributed by atoms with Crippen LogP contribution in [-0.4, -0.2) is 59.9 Å². The topological polar surface area (TPSA) is 62.7 Å². The lowest BCUT2D eigenvalue weighted by molar-refractivity contribution is 0.0535. The first-order chi connectivity index (χ1) is 14.5. The van der Waals surface area contributed by atoms with Gasteiger partial charge >= 0.3 is 0 Å². The third-order valence-corrected chi connectivity index (χ3v) is 5.62. The molecule has 4 rings (SSSR count). The van der Waals surface area contributed by atoms with Crippen LogP contribution in [0.25, 0.3) is 10.9 Å². The normalized spacial score (nSPS) is 14.1. The van der Waals surface area contributed by atoms with E-state index >= 15 is 0 Å². The molecule has 7 heteroatoms. The van der Waals surface area contributed by atoms with E-state index in [0.29, 0.717) is 53.8 Å². The Hall–Kier alpha value is -3.12. The van der Waals surface area contributed by atoms with Crippen LogP contribution < -0.4 is 4.74 Å². The van der Waals surface area contributed by atoms with Crippen molar-refractivity contribution in [2.75, 3.05) is 33.3 Å². The number of aromatic nitrogens is 1. The number of carbonyl (C=O) groups excluding carboxylic acids is 2. The SMILES string of the molecule is COc1ccc(C(=O)N2CCN(C(=O)c3cc4cc(Cl)ccc4nc3C)CC2)cc1. The second-order valence-electron chi connectivity index (χ2n) is 7.27. The standard InChI is InChI=1S/C23H22ClN3O3/c1-15-20(14-17-13-18(24)5-8-21(17)25-15)23(29)27-11-9-26(10-12-27)22(28)16-3-6-19(30-2)7-4-16/h3-8,13-14H,9-12H2,1-2H3. The third-order valence-electron chi connectivity index (χ3n) is 5.39. The summed E-state index contributed by atoms with van der Waals surface area (Å²) in [6.45, 7) is 3.78. The third kappa shape index (κ3) is 3.96. The highest BCUT2D eigenvalue weighted by Crippen LogP contribution is 2.22. The fourth-order valence-corrected chi connectivity index (χ4v) is 3.84. The smallest absolute Gasteiger partial charge is 0.255 e. The molecule has 1 fully saturated rings. The molecule has 0 aliphatic carbocycles. The zero-order valence-corrected chi connectivity index (χ0v) is 17.6. The molecule has 2 aromatic carbocycles. The van der Waals surface area contributed by atoms with Crippen LogP contribution in [0, 0.1) is 6.92 Å². The Kier molecular flexibility index (Phi) is 5.59. The van der Waals surface area contributed by atoms with Crippen molar-refractivity contribution in [2.24, 2.45) is 0 Å². The molecule has 3 aromatic rings. The molecule has 1 saturated heterocycles. The molecule has 2 heterocycles. The van der Waals surface area contributed by atoms with Crippen LogP contribution in [0.4, 0.5) is 0 Å². The van der Waals surface area contributed by atoms with E-state index in [0.717, 1.165) is 10.9 Å². The zero-order valence-electron chi connectivity index (χ0n) is 16.9. The minimum absolute atomic E-state index is 0.0389. The number of amides is 2. The van der Waals surface area contributed by atoms with E-state index in [-0.39, 0.29) is 11.8 Å². The monoisotopic (exact) mass is 423 g/mol. The van der Waals surface area contributed by atoms with Crippen LogP contribution in [0.5, 0.6) is 5.75 Å². The lowest BCUT2D eigenvalue weighted by Crippen LogP contribution is -2.50. The first-order valence-electron chi connectivity index (χ1n) is 9.76. The summed E-state index contributed by atoms with van der Waals surface area (Å²) in [6, 6.07) is 14.4. The maximum absolute atomic E-state index is 13.1. The average molecular weight is 424 g/mol. The molecular weight excluding hydrogens is 402 g/mol. The van der Waals surface area contributed by atoms with Gasteiger partial charge in [-0.1, -0.05) is 11.6 Å². The van der Waals surface area contributed by atoms with Gasteiger partial charge in [0.2, 0.25) is 0 Å². The van der Waals surface area contributed by atoms with E-state index in [4.69, 9.17) is 16.3 Å². The molecule has 2 amide bonds. The number of halogens is 1. The second kappa shape index (κ2) is 8.32. The Morgan fingerprint density at radius 1 is 0.933 bits per heavy atom. The Morgan fingerprint density at radius 2 is 1.57 bits per heavy atom. The quantitative estimate of drug-likeness (QED) is 0.642. The molecule has 0 N–H and O–H groups in total. The van der Waals surface area contributed by atoms with E-state index in [1.165, 1.54) is 0 Å². The zero-order chi connectivity index (χ0) is 21.3. The van der Waals surface area contributed by atoms with Gasteiger partial charge in [-0.2, -0.15) is 0 Å². The van der Waals surface area contributed by atoms with Gasteiger partial charge in [-0.25, -0.2) is 0 Å². The molecule has 0 saturated carbocycles. The van der Waals surface area contributed by atoms with Crippen molar-refractivity contribution in [1.82, 2.24) is 14.8 Å². The summed E-state index contributed by atoms with van der Waals surface area (Å²) in [5.74, 6) is 0.601. The number of nitrogens with zero attached hydrogens (tertiary/aromatic N) is 3. The van der Waals surface area contributed by atoms with Gasteiger partial charge in [0.25, 0.3) is 11.8 Å². The number of ether oxygens (including phenoxy) is 1. The fourth-order valence-electron chi connectivity index (χ4n) is 3.66. The number of hydrogen-bond acceptors (Lipinski definition) is 4. The van der Waals surface area contributed by atoms with Crippen LogP contribution in [0.1, 0.15) is 26.4 Å². The van der Waals surface area contributed by atoms with Gasteiger partial charge in [0.05, 0.1) is 23.9 Å². The highest BCUT2D eigenvalue weighted by atomic mass is 35.5. The largest absolute Gasteiger partial charge is 0.497 e. The first kappa shape index (κ1) is 20.2. The lowest BCUT2D eigenvalue weighted by Gasteiger charge is -2.35. The summed E-state index contributed by atoms with van der Waals surface area (Å²) in [5, 5.41) is 1.45. The van der Waals surface area contributed by atoms with Gasteiger partial charge in [-0.15, -0.1) is 0 Å². The predicted octanol–water partition coefficient (Wildman–Crippen LogP) is 3.80. The van der Waals surface area contributed by atoms with Crippen LogP contribution in [-0.2, 0) is 0 Å². The molecular formula is C23H22ClN3O3.